The molecule has 0 aliphatic carbocycles. The maximum absolute atomic E-state index is 12.6. The Morgan fingerprint density at radius 3 is 2.67 bits per heavy atom. The highest BCUT2D eigenvalue weighted by Gasteiger charge is 2.31. The van der Waals surface area contributed by atoms with Crippen molar-refractivity contribution in [2.45, 2.75) is 17.6 Å². The molecule has 0 atom stereocenters. The first-order chi connectivity index (χ1) is 11.5. The number of aryl methyl sites for hydroxylation is 1. The lowest BCUT2D eigenvalue weighted by atomic mass is 9.98. The van der Waals surface area contributed by atoms with Gasteiger partial charge in [-0.3, -0.25) is 0 Å². The lowest BCUT2D eigenvalue weighted by Gasteiger charge is -2.22. The van der Waals surface area contributed by atoms with Crippen LogP contribution in [0.3, 0.4) is 0 Å². The summed E-state index contributed by atoms with van der Waals surface area (Å²) in [6, 6.07) is 10.8. The molecule has 3 aromatic rings. The summed E-state index contributed by atoms with van der Waals surface area (Å²) in [5.74, 6) is 1.32. The standard InChI is InChI=1S/C18H13NO4S/c1-10-12-6-15-16(23-9-22-15)7-14(12)19-18-11-4-2-3-5-17(11)24(20,21)8-13(10)18/h2-7H,8-9H2,1H3. The van der Waals surface area contributed by atoms with Gasteiger partial charge in [0.25, 0.3) is 0 Å². The van der Waals surface area contributed by atoms with Crippen molar-refractivity contribution in [3.63, 3.8) is 0 Å². The number of nitrogens with zero attached hydrogens (tertiary/aromatic N) is 1. The number of fused-ring (bicyclic) bond motifs is 5. The molecule has 5 rings (SSSR count). The first kappa shape index (κ1) is 13.8. The lowest BCUT2D eigenvalue weighted by molar-refractivity contribution is 0.174. The largest absolute Gasteiger partial charge is 0.454 e. The molecule has 2 aromatic carbocycles. The molecule has 0 spiro atoms. The summed E-state index contributed by atoms with van der Waals surface area (Å²) in [6.07, 6.45) is 0. The van der Waals surface area contributed by atoms with Crippen molar-refractivity contribution in [1.82, 2.24) is 4.98 Å². The molecule has 24 heavy (non-hydrogen) atoms. The van der Waals surface area contributed by atoms with Crippen molar-refractivity contribution in [3.8, 4) is 22.8 Å². The number of sulfone groups is 1. The maximum atomic E-state index is 12.6. The molecule has 3 heterocycles. The molecule has 0 bridgehead atoms. The fraction of sp³-hybridized carbons (Fsp3) is 0.167. The highest BCUT2D eigenvalue weighted by atomic mass is 32.2. The second kappa shape index (κ2) is 4.48. The number of pyridine rings is 1. The Bertz CT molecular complexity index is 1140. The molecule has 0 amide bonds. The predicted molar refractivity (Wildman–Crippen MR) is 88.9 cm³/mol. The maximum Gasteiger partial charge on any atom is 0.231 e. The van der Waals surface area contributed by atoms with Crippen LogP contribution in [0.5, 0.6) is 11.5 Å². The van der Waals surface area contributed by atoms with Crippen molar-refractivity contribution in [2.75, 3.05) is 6.79 Å². The van der Waals surface area contributed by atoms with Crippen LogP contribution in [0.15, 0.2) is 41.3 Å². The van der Waals surface area contributed by atoms with Crippen LogP contribution in [0.2, 0.25) is 0 Å². The van der Waals surface area contributed by atoms with Crippen molar-refractivity contribution >= 4 is 20.7 Å². The third-order valence-corrected chi connectivity index (χ3v) is 6.37. The number of hydrogen-bond acceptors (Lipinski definition) is 5. The molecule has 0 radical (unpaired) electrons. The van der Waals surface area contributed by atoms with Gasteiger partial charge in [0, 0.05) is 17.0 Å². The van der Waals surface area contributed by atoms with E-state index in [-0.39, 0.29) is 12.5 Å². The van der Waals surface area contributed by atoms with E-state index in [9.17, 15) is 8.42 Å². The molecular formula is C18H13NO4S. The molecule has 0 saturated heterocycles. The van der Waals surface area contributed by atoms with Gasteiger partial charge in [-0.1, -0.05) is 18.2 Å². The lowest BCUT2D eigenvalue weighted by Crippen LogP contribution is -2.15. The molecule has 0 fully saturated rings. The predicted octanol–water partition coefficient (Wildman–Crippen LogP) is 3.23. The van der Waals surface area contributed by atoms with Crippen LogP contribution in [0.4, 0.5) is 0 Å². The molecule has 120 valence electrons. The molecule has 2 aliphatic heterocycles. The van der Waals surface area contributed by atoms with Gasteiger partial charge in [0.15, 0.2) is 21.3 Å². The van der Waals surface area contributed by atoms with Crippen LogP contribution < -0.4 is 9.47 Å². The first-order valence-electron chi connectivity index (χ1n) is 7.59. The average Bonchev–Trinajstić information content (AvgIpc) is 3.02. The van der Waals surface area contributed by atoms with Crippen molar-refractivity contribution in [3.05, 3.63) is 47.5 Å². The summed E-state index contributed by atoms with van der Waals surface area (Å²) in [5.41, 5.74) is 3.88. The van der Waals surface area contributed by atoms with Gasteiger partial charge >= 0.3 is 0 Å². The van der Waals surface area contributed by atoms with E-state index < -0.39 is 9.84 Å². The summed E-state index contributed by atoms with van der Waals surface area (Å²) in [6.45, 7) is 2.14. The van der Waals surface area contributed by atoms with Crippen LogP contribution in [0.1, 0.15) is 11.1 Å². The molecule has 6 heteroatoms. The SMILES string of the molecule is Cc1c2c(nc3cc4c(cc13)OCO4)-c1ccccc1S(=O)(=O)C2. The van der Waals surface area contributed by atoms with Crippen molar-refractivity contribution < 1.29 is 17.9 Å². The Hall–Kier alpha value is -2.60. The van der Waals surface area contributed by atoms with Gasteiger partial charge in [-0.15, -0.1) is 0 Å². The van der Waals surface area contributed by atoms with E-state index in [1.165, 1.54) is 0 Å². The minimum atomic E-state index is -3.35. The van der Waals surface area contributed by atoms with Crippen LogP contribution in [-0.4, -0.2) is 20.2 Å². The number of rotatable bonds is 0. The summed E-state index contributed by atoms with van der Waals surface area (Å²) in [4.78, 5) is 5.11. The summed E-state index contributed by atoms with van der Waals surface area (Å²) in [5, 5.41) is 0.896. The van der Waals surface area contributed by atoms with E-state index in [4.69, 9.17) is 14.5 Å². The molecule has 0 unspecified atom stereocenters. The van der Waals surface area contributed by atoms with E-state index in [0.717, 1.165) is 27.7 Å². The molecule has 0 saturated carbocycles. The number of benzene rings is 2. The fourth-order valence-electron chi connectivity index (χ4n) is 3.45. The van der Waals surface area contributed by atoms with Gasteiger partial charge < -0.3 is 9.47 Å². The monoisotopic (exact) mass is 339 g/mol. The molecule has 0 N–H and O–H groups in total. The number of ether oxygens (including phenoxy) is 2. The third kappa shape index (κ3) is 1.74. The van der Waals surface area contributed by atoms with E-state index in [2.05, 4.69) is 0 Å². The molecule has 1 aromatic heterocycles. The third-order valence-electron chi connectivity index (χ3n) is 4.68. The Kier molecular flexibility index (Phi) is 2.58. The van der Waals surface area contributed by atoms with Crippen LogP contribution in [0, 0.1) is 6.92 Å². The van der Waals surface area contributed by atoms with Gasteiger partial charge in [-0.25, -0.2) is 13.4 Å². The second-order valence-electron chi connectivity index (χ2n) is 6.04. The summed E-state index contributed by atoms with van der Waals surface area (Å²) >= 11 is 0. The Labute approximate surface area is 138 Å². The van der Waals surface area contributed by atoms with Crippen LogP contribution in [0.25, 0.3) is 22.2 Å². The van der Waals surface area contributed by atoms with E-state index in [1.807, 2.05) is 31.2 Å². The van der Waals surface area contributed by atoms with Gasteiger partial charge in [-0.05, 0) is 30.2 Å². The topological polar surface area (TPSA) is 65.5 Å². The van der Waals surface area contributed by atoms with Gasteiger partial charge in [0.1, 0.15) is 0 Å². The number of hydrogen-bond donors (Lipinski definition) is 0. The molecule has 5 nitrogen and oxygen atoms in total. The minimum absolute atomic E-state index is 0.0252. The molecular weight excluding hydrogens is 326 g/mol. The minimum Gasteiger partial charge on any atom is -0.454 e. The van der Waals surface area contributed by atoms with Crippen LogP contribution >= 0.6 is 0 Å². The average molecular weight is 339 g/mol. The van der Waals surface area contributed by atoms with E-state index in [1.54, 1.807) is 12.1 Å². The first-order valence-corrected chi connectivity index (χ1v) is 9.25. The molecule has 2 aliphatic rings. The highest BCUT2D eigenvalue weighted by Crippen LogP contribution is 2.43. The Balaban J connectivity index is 1.90. The zero-order chi connectivity index (χ0) is 16.5. The zero-order valence-electron chi connectivity index (χ0n) is 12.9. The Morgan fingerprint density at radius 2 is 1.83 bits per heavy atom. The Morgan fingerprint density at radius 1 is 1.08 bits per heavy atom. The van der Waals surface area contributed by atoms with E-state index >= 15 is 0 Å². The van der Waals surface area contributed by atoms with Crippen molar-refractivity contribution in [2.24, 2.45) is 0 Å². The normalized spacial score (nSPS) is 16.7. The summed E-state index contributed by atoms with van der Waals surface area (Å²) < 4.78 is 36.1. The van der Waals surface area contributed by atoms with Crippen molar-refractivity contribution in [1.29, 1.82) is 0 Å². The van der Waals surface area contributed by atoms with Gasteiger partial charge in [-0.2, -0.15) is 0 Å². The highest BCUT2D eigenvalue weighted by molar-refractivity contribution is 7.90. The zero-order valence-corrected chi connectivity index (χ0v) is 13.7. The number of aromatic nitrogens is 1. The van der Waals surface area contributed by atoms with E-state index in [0.29, 0.717) is 22.0 Å². The van der Waals surface area contributed by atoms with Gasteiger partial charge in [0.05, 0.1) is 21.9 Å². The second-order valence-corrected chi connectivity index (χ2v) is 8.00. The van der Waals surface area contributed by atoms with Gasteiger partial charge in [0.2, 0.25) is 6.79 Å². The fourth-order valence-corrected chi connectivity index (χ4v) is 5.13. The summed E-state index contributed by atoms with van der Waals surface area (Å²) in [7, 11) is -3.35. The van der Waals surface area contributed by atoms with Crippen LogP contribution in [-0.2, 0) is 15.6 Å². The quantitative estimate of drug-likeness (QED) is 0.629. The smallest absolute Gasteiger partial charge is 0.231 e.